The first-order valence-corrected chi connectivity index (χ1v) is 12.7. The molecule has 2 heterocycles. The summed E-state index contributed by atoms with van der Waals surface area (Å²) in [7, 11) is 0. The van der Waals surface area contributed by atoms with Crippen molar-refractivity contribution in [2.24, 2.45) is 11.8 Å². The lowest BCUT2D eigenvalue weighted by Gasteiger charge is -2.37. The number of alkyl halides is 5. The first kappa shape index (κ1) is 25.2. The molecule has 2 aromatic rings. The SMILES string of the molecule is O=C(O)C1CC2CCC(C1)N2Cc1ccc2c(C(F)F)c(OC3CCC(C(F)(F)F)CC3)ccc2c1. The highest BCUT2D eigenvalue weighted by Crippen LogP contribution is 2.42. The third-order valence-corrected chi connectivity index (χ3v) is 8.33. The van der Waals surface area contributed by atoms with Crippen LogP contribution in [0.4, 0.5) is 22.0 Å². The van der Waals surface area contributed by atoms with Gasteiger partial charge in [0.15, 0.2) is 0 Å². The lowest BCUT2D eigenvalue weighted by molar-refractivity contribution is -0.185. The van der Waals surface area contributed by atoms with Crippen molar-refractivity contribution >= 4 is 16.7 Å². The molecule has 36 heavy (non-hydrogen) atoms. The second-order valence-electron chi connectivity index (χ2n) is 10.5. The summed E-state index contributed by atoms with van der Waals surface area (Å²) in [5.41, 5.74) is 0.756. The van der Waals surface area contributed by atoms with Crippen LogP contribution >= 0.6 is 0 Å². The second-order valence-corrected chi connectivity index (χ2v) is 10.5. The number of rotatable bonds is 6. The van der Waals surface area contributed by atoms with Gasteiger partial charge in [0, 0.05) is 18.6 Å². The van der Waals surface area contributed by atoms with E-state index in [4.69, 9.17) is 4.74 Å². The van der Waals surface area contributed by atoms with Crippen molar-refractivity contribution in [2.75, 3.05) is 0 Å². The summed E-state index contributed by atoms with van der Waals surface area (Å²) in [5, 5.41) is 10.4. The van der Waals surface area contributed by atoms with Gasteiger partial charge in [-0.15, -0.1) is 0 Å². The van der Waals surface area contributed by atoms with Crippen LogP contribution in [-0.4, -0.2) is 40.3 Å². The number of hydrogen-bond acceptors (Lipinski definition) is 3. The van der Waals surface area contributed by atoms with Crippen LogP contribution in [0.15, 0.2) is 30.3 Å². The summed E-state index contributed by atoms with van der Waals surface area (Å²) in [6, 6.07) is 9.07. The number of benzene rings is 2. The zero-order chi connectivity index (χ0) is 25.6. The maximum atomic E-state index is 14.1. The van der Waals surface area contributed by atoms with Crippen LogP contribution in [-0.2, 0) is 11.3 Å². The summed E-state index contributed by atoms with van der Waals surface area (Å²) in [6.45, 7) is 0.641. The lowest BCUT2D eigenvalue weighted by Crippen LogP contribution is -2.44. The molecule has 1 saturated carbocycles. The Kier molecular flexibility index (Phi) is 6.87. The van der Waals surface area contributed by atoms with Gasteiger partial charge in [-0.25, -0.2) is 8.78 Å². The third kappa shape index (κ3) is 5.04. The predicted molar refractivity (Wildman–Crippen MR) is 124 cm³/mol. The normalized spacial score (nSPS) is 29.1. The summed E-state index contributed by atoms with van der Waals surface area (Å²) < 4.78 is 72.9. The molecular formula is C27H30F5NO3. The maximum absolute atomic E-state index is 14.1. The maximum Gasteiger partial charge on any atom is 0.391 e. The Morgan fingerprint density at radius 3 is 2.25 bits per heavy atom. The Bertz CT molecular complexity index is 1100. The summed E-state index contributed by atoms with van der Waals surface area (Å²) in [4.78, 5) is 13.8. The highest BCUT2D eigenvalue weighted by molar-refractivity contribution is 5.88. The Labute approximate surface area is 206 Å². The quantitative estimate of drug-likeness (QED) is 0.420. The number of nitrogens with zero attached hydrogens (tertiary/aromatic N) is 1. The molecule has 0 amide bonds. The van der Waals surface area contributed by atoms with Gasteiger partial charge in [-0.2, -0.15) is 13.2 Å². The molecule has 196 valence electrons. The fourth-order valence-electron chi connectivity index (χ4n) is 6.44. The highest BCUT2D eigenvalue weighted by atomic mass is 19.4. The van der Waals surface area contributed by atoms with E-state index in [9.17, 15) is 31.9 Å². The van der Waals surface area contributed by atoms with Gasteiger partial charge in [-0.3, -0.25) is 9.69 Å². The number of halogens is 5. The molecule has 1 N–H and O–H groups in total. The molecule has 4 nitrogen and oxygen atoms in total. The topological polar surface area (TPSA) is 49.8 Å². The Morgan fingerprint density at radius 2 is 1.67 bits per heavy atom. The fourth-order valence-corrected chi connectivity index (χ4v) is 6.44. The lowest BCUT2D eigenvalue weighted by atomic mass is 9.87. The average molecular weight is 512 g/mol. The van der Waals surface area contributed by atoms with E-state index in [0.717, 1.165) is 18.4 Å². The van der Waals surface area contributed by atoms with E-state index in [1.165, 1.54) is 6.07 Å². The minimum atomic E-state index is -4.23. The van der Waals surface area contributed by atoms with Crippen LogP contribution in [0.1, 0.15) is 68.9 Å². The van der Waals surface area contributed by atoms with Crippen LogP contribution < -0.4 is 4.74 Å². The van der Waals surface area contributed by atoms with E-state index in [2.05, 4.69) is 4.90 Å². The van der Waals surface area contributed by atoms with Gasteiger partial charge >= 0.3 is 12.1 Å². The molecule has 5 rings (SSSR count). The summed E-state index contributed by atoms with van der Waals surface area (Å²) in [6.07, 6.45) is -4.04. The van der Waals surface area contributed by atoms with Crippen molar-refractivity contribution in [3.8, 4) is 5.75 Å². The molecule has 0 radical (unpaired) electrons. The molecule has 2 aromatic carbocycles. The molecule has 2 unspecified atom stereocenters. The van der Waals surface area contributed by atoms with Crippen molar-refractivity contribution in [2.45, 2.75) is 88.7 Å². The molecule has 0 aromatic heterocycles. The van der Waals surface area contributed by atoms with Crippen LogP contribution in [0.5, 0.6) is 5.75 Å². The van der Waals surface area contributed by atoms with Crippen molar-refractivity contribution in [3.05, 3.63) is 41.5 Å². The van der Waals surface area contributed by atoms with E-state index in [1.807, 2.05) is 12.1 Å². The number of piperidine rings is 1. The number of carbonyl (C=O) groups is 1. The molecule has 1 aliphatic carbocycles. The Hall–Kier alpha value is -2.42. The molecule has 2 bridgehead atoms. The molecule has 3 fully saturated rings. The van der Waals surface area contributed by atoms with E-state index in [0.29, 0.717) is 30.2 Å². The summed E-state index contributed by atoms with van der Waals surface area (Å²) >= 11 is 0. The minimum absolute atomic E-state index is 0.0366. The zero-order valence-corrected chi connectivity index (χ0v) is 19.8. The number of carboxylic acids is 1. The fraction of sp³-hybridized carbons (Fsp3) is 0.593. The van der Waals surface area contributed by atoms with Gasteiger partial charge in [0.05, 0.1) is 23.5 Å². The van der Waals surface area contributed by atoms with Crippen molar-refractivity contribution in [3.63, 3.8) is 0 Å². The zero-order valence-electron chi connectivity index (χ0n) is 19.8. The van der Waals surface area contributed by atoms with E-state index in [1.54, 1.807) is 12.1 Å². The minimum Gasteiger partial charge on any atom is -0.490 e. The van der Waals surface area contributed by atoms with E-state index < -0.39 is 30.6 Å². The number of fused-ring (bicyclic) bond motifs is 3. The second kappa shape index (κ2) is 9.80. The smallest absolute Gasteiger partial charge is 0.391 e. The monoisotopic (exact) mass is 511 g/mol. The molecule has 2 atom stereocenters. The largest absolute Gasteiger partial charge is 0.490 e. The number of carboxylic acid groups (broad SMARTS) is 1. The molecule has 2 aliphatic heterocycles. The Morgan fingerprint density at radius 1 is 1.00 bits per heavy atom. The molecule has 0 spiro atoms. The van der Waals surface area contributed by atoms with Gasteiger partial charge in [0.2, 0.25) is 0 Å². The predicted octanol–water partition coefficient (Wildman–Crippen LogP) is 7.10. The van der Waals surface area contributed by atoms with Gasteiger partial charge in [-0.1, -0.05) is 18.2 Å². The third-order valence-electron chi connectivity index (χ3n) is 8.33. The average Bonchev–Trinajstić information content (AvgIpc) is 3.04. The van der Waals surface area contributed by atoms with Gasteiger partial charge in [0.25, 0.3) is 6.43 Å². The molecule has 2 saturated heterocycles. The van der Waals surface area contributed by atoms with E-state index in [-0.39, 0.29) is 55.0 Å². The van der Waals surface area contributed by atoms with Gasteiger partial charge < -0.3 is 9.84 Å². The molecule has 3 aliphatic rings. The van der Waals surface area contributed by atoms with Crippen molar-refractivity contribution in [1.82, 2.24) is 4.90 Å². The van der Waals surface area contributed by atoms with Crippen LogP contribution in [0.25, 0.3) is 10.8 Å². The highest BCUT2D eigenvalue weighted by Gasteiger charge is 2.43. The van der Waals surface area contributed by atoms with Gasteiger partial charge in [0.1, 0.15) is 5.75 Å². The van der Waals surface area contributed by atoms with Gasteiger partial charge in [-0.05, 0) is 79.8 Å². The van der Waals surface area contributed by atoms with Crippen molar-refractivity contribution in [1.29, 1.82) is 0 Å². The van der Waals surface area contributed by atoms with Crippen LogP contribution in [0, 0.1) is 11.8 Å². The number of hydrogen-bond donors (Lipinski definition) is 1. The number of aliphatic carboxylic acids is 1. The van der Waals surface area contributed by atoms with E-state index >= 15 is 0 Å². The standard InChI is InChI=1S/C27H30F5NO3/c28-25(29)24-22-9-1-15(14-33-19-5-6-20(33)13-17(12-19)26(34)35)11-16(22)2-10-23(24)36-21-7-3-18(4-8-21)27(30,31)32/h1-2,9-11,17-21,25H,3-8,12-14H2,(H,34,35). The van der Waals surface area contributed by atoms with Crippen molar-refractivity contribution < 1.29 is 36.6 Å². The molecule has 9 heteroatoms. The first-order chi connectivity index (χ1) is 17.1. The molecular weight excluding hydrogens is 481 g/mol. The van der Waals surface area contributed by atoms with Crippen LogP contribution in [0.3, 0.4) is 0 Å². The Balaban J connectivity index is 1.32. The number of ether oxygens (including phenoxy) is 1. The summed E-state index contributed by atoms with van der Waals surface area (Å²) in [5.74, 6) is -2.35. The first-order valence-electron chi connectivity index (χ1n) is 12.7. The van der Waals surface area contributed by atoms with Crippen LogP contribution in [0.2, 0.25) is 0 Å².